The van der Waals surface area contributed by atoms with Crippen molar-refractivity contribution in [1.29, 1.82) is 0 Å². The van der Waals surface area contributed by atoms with Crippen LogP contribution in [0, 0.1) is 0 Å². The molecular formula is C8H5NO3S. The highest BCUT2D eigenvalue weighted by molar-refractivity contribution is 7.91. The van der Waals surface area contributed by atoms with E-state index in [9.17, 15) is 13.2 Å². The number of nitrogens with zero attached hydrogens (tertiary/aromatic N) is 1. The Bertz CT molecular complexity index is 535. The largest absolute Gasteiger partial charge is 0.309 e. The molecule has 0 saturated carbocycles. The molecule has 1 heterocycles. The van der Waals surface area contributed by atoms with Crippen LogP contribution < -0.4 is 5.56 Å². The van der Waals surface area contributed by atoms with Gasteiger partial charge in [0.05, 0.1) is 4.90 Å². The van der Waals surface area contributed by atoms with Crippen LogP contribution in [0.5, 0.6) is 0 Å². The lowest BCUT2D eigenvalue weighted by Gasteiger charge is -1.94. The van der Waals surface area contributed by atoms with Crippen LogP contribution in [0.15, 0.2) is 45.0 Å². The summed E-state index contributed by atoms with van der Waals surface area (Å²) in [6, 6.07) is 7.77. The molecule has 0 fully saturated rings. The number of sulfone groups is 1. The van der Waals surface area contributed by atoms with Crippen molar-refractivity contribution in [3.8, 4) is 0 Å². The summed E-state index contributed by atoms with van der Waals surface area (Å²) in [6.45, 7) is 0. The van der Waals surface area contributed by atoms with Gasteiger partial charge >= 0.3 is 5.56 Å². The summed E-state index contributed by atoms with van der Waals surface area (Å²) < 4.78 is 22.9. The molecule has 0 saturated heterocycles. The second kappa shape index (κ2) is 2.50. The first-order chi connectivity index (χ1) is 6.12. The summed E-state index contributed by atoms with van der Waals surface area (Å²) >= 11 is 0. The Morgan fingerprint density at radius 2 is 1.62 bits per heavy atom. The summed E-state index contributed by atoms with van der Waals surface area (Å²) in [7, 11) is -3.61. The molecular weight excluding hydrogens is 190 g/mol. The van der Waals surface area contributed by atoms with E-state index in [2.05, 4.69) is 4.98 Å². The zero-order valence-electron chi connectivity index (χ0n) is 6.47. The van der Waals surface area contributed by atoms with Crippen molar-refractivity contribution < 1.29 is 8.42 Å². The number of aromatic nitrogens is 1. The summed E-state index contributed by atoms with van der Waals surface area (Å²) in [5.41, 5.74) is -0.635. The van der Waals surface area contributed by atoms with Crippen LogP contribution in [0.2, 0.25) is 0 Å². The quantitative estimate of drug-likeness (QED) is 0.684. The smallest absolute Gasteiger partial charge is 0.264 e. The fourth-order valence-corrected chi connectivity index (χ4v) is 2.12. The molecule has 0 aliphatic carbocycles. The average Bonchev–Trinajstić information content (AvgIpc) is 2.85. The maximum Gasteiger partial charge on any atom is 0.309 e. The van der Waals surface area contributed by atoms with Gasteiger partial charge in [0, 0.05) is 0 Å². The third-order valence-electron chi connectivity index (χ3n) is 1.64. The Morgan fingerprint density at radius 3 is 2.08 bits per heavy atom. The third-order valence-corrected chi connectivity index (χ3v) is 3.31. The summed E-state index contributed by atoms with van der Waals surface area (Å²) in [4.78, 5) is 13.8. The van der Waals surface area contributed by atoms with Crippen LogP contribution in [-0.2, 0) is 9.84 Å². The minimum Gasteiger partial charge on any atom is -0.264 e. The fraction of sp³-hybridized carbons (Fsp3) is 0. The SMILES string of the molecule is O=c1nc1S(=O)(=O)c1ccccc1. The molecule has 0 bridgehead atoms. The zero-order valence-corrected chi connectivity index (χ0v) is 7.28. The van der Waals surface area contributed by atoms with E-state index < -0.39 is 15.4 Å². The Balaban J connectivity index is 2.55. The summed E-state index contributed by atoms with van der Waals surface area (Å²) in [5, 5.41) is -0.335. The topological polar surface area (TPSA) is 64.1 Å². The van der Waals surface area contributed by atoms with E-state index in [4.69, 9.17) is 0 Å². The van der Waals surface area contributed by atoms with E-state index in [0.717, 1.165) is 0 Å². The monoisotopic (exact) mass is 195 g/mol. The van der Waals surface area contributed by atoms with E-state index in [-0.39, 0.29) is 9.92 Å². The molecule has 1 aromatic heterocycles. The van der Waals surface area contributed by atoms with Crippen LogP contribution in [-0.4, -0.2) is 13.4 Å². The van der Waals surface area contributed by atoms with E-state index in [1.165, 1.54) is 12.1 Å². The van der Waals surface area contributed by atoms with E-state index in [0.29, 0.717) is 0 Å². The molecule has 66 valence electrons. The van der Waals surface area contributed by atoms with Gasteiger partial charge in [0.1, 0.15) is 0 Å². The van der Waals surface area contributed by atoms with Gasteiger partial charge in [0.15, 0.2) is 0 Å². The molecule has 0 aliphatic rings. The molecule has 2 aromatic rings. The Hall–Kier alpha value is -1.49. The third kappa shape index (κ3) is 1.27. The lowest BCUT2D eigenvalue weighted by molar-refractivity contribution is 0.596. The molecule has 13 heavy (non-hydrogen) atoms. The minimum atomic E-state index is -3.61. The maximum absolute atomic E-state index is 11.5. The second-order valence-corrected chi connectivity index (χ2v) is 4.40. The molecule has 4 nitrogen and oxygen atoms in total. The lowest BCUT2D eigenvalue weighted by Crippen LogP contribution is -1.99. The van der Waals surface area contributed by atoms with Crippen molar-refractivity contribution in [2.75, 3.05) is 0 Å². The van der Waals surface area contributed by atoms with Gasteiger partial charge in [-0.25, -0.2) is 8.42 Å². The highest BCUT2D eigenvalue weighted by Crippen LogP contribution is 2.16. The number of rotatable bonds is 2. The van der Waals surface area contributed by atoms with Crippen LogP contribution in [0.4, 0.5) is 0 Å². The maximum atomic E-state index is 11.5. The molecule has 2 rings (SSSR count). The summed E-state index contributed by atoms with van der Waals surface area (Å²) in [5.74, 6) is 0. The normalized spacial score (nSPS) is 12.0. The van der Waals surface area contributed by atoms with Crippen molar-refractivity contribution in [2.24, 2.45) is 0 Å². The first kappa shape index (κ1) is 8.12. The van der Waals surface area contributed by atoms with Gasteiger partial charge in [-0.3, -0.25) is 4.79 Å². The van der Waals surface area contributed by atoms with Gasteiger partial charge in [-0.05, 0) is 12.1 Å². The zero-order chi connectivity index (χ0) is 9.47. The second-order valence-electron chi connectivity index (χ2n) is 2.54. The molecule has 5 heteroatoms. The summed E-state index contributed by atoms with van der Waals surface area (Å²) in [6.07, 6.45) is 0. The molecule has 0 amide bonds. The van der Waals surface area contributed by atoms with Crippen molar-refractivity contribution >= 4 is 9.84 Å². The standard InChI is InChI=1S/C8H5NO3S/c10-7-8(9-7)13(11,12)6-4-2-1-3-5-6/h1-5H. The van der Waals surface area contributed by atoms with Crippen LogP contribution >= 0.6 is 0 Å². The Kier molecular flexibility index (Phi) is 1.56. The lowest BCUT2D eigenvalue weighted by atomic mass is 10.4. The molecule has 0 N–H and O–H groups in total. The van der Waals surface area contributed by atoms with E-state index in [1.807, 2.05) is 0 Å². The molecule has 0 aliphatic heterocycles. The van der Waals surface area contributed by atoms with Crippen molar-refractivity contribution in [3.05, 3.63) is 40.7 Å². The number of hydrogen-bond donors (Lipinski definition) is 0. The molecule has 0 atom stereocenters. The first-order valence-corrected chi connectivity index (χ1v) is 5.04. The van der Waals surface area contributed by atoms with Crippen molar-refractivity contribution in [1.82, 2.24) is 4.98 Å². The van der Waals surface area contributed by atoms with Gasteiger partial charge < -0.3 is 0 Å². The van der Waals surface area contributed by atoms with Crippen LogP contribution in [0.3, 0.4) is 0 Å². The average molecular weight is 195 g/mol. The van der Waals surface area contributed by atoms with Crippen molar-refractivity contribution in [2.45, 2.75) is 9.92 Å². The van der Waals surface area contributed by atoms with Gasteiger partial charge in [-0.2, -0.15) is 4.98 Å². The fourth-order valence-electron chi connectivity index (χ4n) is 0.951. The van der Waals surface area contributed by atoms with Crippen molar-refractivity contribution in [3.63, 3.8) is 0 Å². The van der Waals surface area contributed by atoms with Gasteiger partial charge in [-0.1, -0.05) is 18.2 Å². The molecule has 0 radical (unpaired) electrons. The minimum absolute atomic E-state index is 0.111. The van der Waals surface area contributed by atoms with Gasteiger partial charge in [0.25, 0.3) is 0 Å². The van der Waals surface area contributed by atoms with Crippen LogP contribution in [0.25, 0.3) is 0 Å². The Labute approximate surface area is 74.5 Å². The highest BCUT2D eigenvalue weighted by atomic mass is 32.2. The van der Waals surface area contributed by atoms with Gasteiger partial charge in [0.2, 0.25) is 14.9 Å². The van der Waals surface area contributed by atoms with Gasteiger partial charge in [-0.15, -0.1) is 0 Å². The van der Waals surface area contributed by atoms with E-state index >= 15 is 0 Å². The molecule has 0 unspecified atom stereocenters. The first-order valence-electron chi connectivity index (χ1n) is 3.55. The number of hydrogen-bond acceptors (Lipinski definition) is 4. The Morgan fingerprint density at radius 1 is 1.08 bits per heavy atom. The number of benzene rings is 1. The molecule has 0 spiro atoms. The molecule has 1 aromatic carbocycles. The predicted octanol–water partition coefficient (Wildman–Crippen LogP) is 0.150. The van der Waals surface area contributed by atoms with E-state index in [1.54, 1.807) is 18.2 Å². The highest BCUT2D eigenvalue weighted by Gasteiger charge is 2.29. The predicted molar refractivity (Wildman–Crippen MR) is 44.8 cm³/mol. The van der Waals surface area contributed by atoms with Crippen LogP contribution in [0.1, 0.15) is 0 Å².